The highest BCUT2D eigenvalue weighted by molar-refractivity contribution is 7.92. The summed E-state index contributed by atoms with van der Waals surface area (Å²) in [4.78, 5) is 0.0436. The second-order valence-electron chi connectivity index (χ2n) is 8.16. The number of hydrogen-bond acceptors (Lipinski definition) is 7. The highest BCUT2D eigenvalue weighted by Crippen LogP contribution is 2.37. The van der Waals surface area contributed by atoms with E-state index in [4.69, 9.17) is 0 Å². The monoisotopic (exact) mass is 545 g/mol. The highest BCUT2D eigenvalue weighted by Gasteiger charge is 2.24. The molecule has 36 heavy (non-hydrogen) atoms. The van der Waals surface area contributed by atoms with Crippen molar-refractivity contribution in [2.24, 2.45) is 0 Å². The van der Waals surface area contributed by atoms with Crippen LogP contribution in [0.3, 0.4) is 0 Å². The first-order valence-corrected chi connectivity index (χ1v) is 14.6. The third-order valence-electron chi connectivity index (χ3n) is 5.54. The van der Waals surface area contributed by atoms with E-state index >= 15 is 0 Å². The Morgan fingerprint density at radius 2 is 1.58 bits per heavy atom. The van der Waals surface area contributed by atoms with Crippen molar-refractivity contribution < 1.29 is 25.6 Å². The Balaban J connectivity index is 1.77. The molecule has 0 amide bonds. The van der Waals surface area contributed by atoms with Crippen LogP contribution in [0, 0.1) is 18.6 Å². The molecule has 7 nitrogen and oxygen atoms in total. The number of hydrogen-bond donors (Lipinski definition) is 0. The van der Waals surface area contributed by atoms with Gasteiger partial charge in [-0.1, -0.05) is 29.0 Å². The van der Waals surface area contributed by atoms with E-state index in [0.717, 1.165) is 39.3 Å². The van der Waals surface area contributed by atoms with Gasteiger partial charge in [-0.15, -0.1) is 10.2 Å². The molecule has 0 radical (unpaired) electrons. The van der Waals surface area contributed by atoms with Gasteiger partial charge in [0.2, 0.25) is 14.2 Å². The molecule has 0 atom stereocenters. The number of aryl methyl sites for hydroxylation is 1. The number of benzene rings is 3. The van der Waals surface area contributed by atoms with Gasteiger partial charge < -0.3 is 0 Å². The Kier molecular flexibility index (Phi) is 5.77. The molecule has 0 saturated heterocycles. The van der Waals surface area contributed by atoms with Gasteiger partial charge in [0.15, 0.2) is 0 Å². The van der Waals surface area contributed by atoms with E-state index in [1.165, 1.54) is 30.5 Å². The zero-order valence-electron chi connectivity index (χ0n) is 18.8. The van der Waals surface area contributed by atoms with Crippen LogP contribution in [0.4, 0.5) is 8.78 Å². The van der Waals surface area contributed by atoms with Gasteiger partial charge in [0, 0.05) is 40.6 Å². The quantitative estimate of drug-likeness (QED) is 0.306. The van der Waals surface area contributed by atoms with E-state index in [1.54, 1.807) is 24.3 Å². The molecule has 5 aromatic rings. The summed E-state index contributed by atoms with van der Waals surface area (Å²) in [6.45, 7) is 1.83. The Bertz CT molecular complexity index is 1860. The molecule has 0 N–H and O–H groups in total. The van der Waals surface area contributed by atoms with Crippen LogP contribution in [0.2, 0.25) is 0 Å². The third kappa shape index (κ3) is 4.21. The predicted molar refractivity (Wildman–Crippen MR) is 133 cm³/mol. The topological polar surface area (TPSA) is 99.0 Å². The first kappa shape index (κ1) is 24.2. The predicted octanol–water partition coefficient (Wildman–Crippen LogP) is 5.05. The van der Waals surface area contributed by atoms with Crippen LogP contribution >= 0.6 is 11.3 Å². The minimum Gasteiger partial charge on any atom is -0.241 e. The van der Waals surface area contributed by atoms with Gasteiger partial charge in [0.05, 0.1) is 10.4 Å². The summed E-state index contributed by atoms with van der Waals surface area (Å²) >= 11 is 0.860. The van der Waals surface area contributed by atoms with Gasteiger partial charge in [-0.05, 0) is 49.4 Å². The lowest BCUT2D eigenvalue weighted by Gasteiger charge is -2.08. The minimum atomic E-state index is -4.07. The van der Waals surface area contributed by atoms with Crippen molar-refractivity contribution in [2.75, 3.05) is 6.26 Å². The number of rotatable bonds is 5. The van der Waals surface area contributed by atoms with E-state index in [1.807, 2.05) is 6.92 Å². The van der Waals surface area contributed by atoms with E-state index in [2.05, 4.69) is 10.2 Å². The van der Waals surface area contributed by atoms with Crippen molar-refractivity contribution in [3.8, 4) is 21.7 Å². The molecule has 184 valence electrons. The summed E-state index contributed by atoms with van der Waals surface area (Å²) in [6, 6.07) is 14.1. The van der Waals surface area contributed by atoms with E-state index < -0.39 is 31.5 Å². The standard InChI is InChI=1S/C24H17F2N3O4S3/c1-14-3-7-17(8-4-14)36(32,33)29-13-20(18-9-6-16(25)12-21(18)26)19-11-15(5-10-22(19)29)23-27-28-24(34-23)35(2,30)31/h3-13H,1-2H3. The maximum Gasteiger partial charge on any atom is 0.268 e. The fourth-order valence-electron chi connectivity index (χ4n) is 3.75. The van der Waals surface area contributed by atoms with Gasteiger partial charge in [-0.3, -0.25) is 0 Å². The zero-order chi connectivity index (χ0) is 25.8. The molecule has 5 rings (SSSR count). The molecule has 0 aliphatic carbocycles. The Labute approximate surface area is 209 Å². The van der Waals surface area contributed by atoms with Crippen LogP contribution in [0.5, 0.6) is 0 Å². The number of sulfone groups is 1. The van der Waals surface area contributed by atoms with Gasteiger partial charge in [-0.2, -0.15) is 0 Å². The first-order chi connectivity index (χ1) is 16.9. The summed E-state index contributed by atoms with van der Waals surface area (Å²) in [7, 11) is -7.63. The first-order valence-electron chi connectivity index (χ1n) is 10.4. The largest absolute Gasteiger partial charge is 0.268 e. The molecule has 12 heteroatoms. The lowest BCUT2D eigenvalue weighted by atomic mass is 10.0. The molecular formula is C24H17F2N3O4S3. The lowest BCUT2D eigenvalue weighted by molar-refractivity contribution is 0.584. The van der Waals surface area contributed by atoms with Gasteiger partial charge in [0.1, 0.15) is 16.6 Å². The molecule has 0 bridgehead atoms. The fraction of sp³-hybridized carbons (Fsp3) is 0.0833. The molecule has 3 aromatic carbocycles. The summed E-state index contributed by atoms with van der Waals surface area (Å²) in [5.74, 6) is -1.63. The molecule has 0 spiro atoms. The molecule has 0 aliphatic heterocycles. The Morgan fingerprint density at radius 3 is 2.22 bits per heavy atom. The maximum absolute atomic E-state index is 14.8. The number of aromatic nitrogens is 3. The smallest absolute Gasteiger partial charge is 0.241 e. The lowest BCUT2D eigenvalue weighted by Crippen LogP contribution is -2.11. The zero-order valence-corrected chi connectivity index (χ0v) is 21.3. The van der Waals surface area contributed by atoms with E-state index in [9.17, 15) is 25.6 Å². The Morgan fingerprint density at radius 1 is 0.861 bits per heavy atom. The van der Waals surface area contributed by atoms with Crippen LogP contribution in [0.15, 0.2) is 76.1 Å². The molecule has 0 unspecified atom stereocenters. The second-order valence-corrected chi connectivity index (χ2v) is 13.1. The van der Waals surface area contributed by atoms with Crippen molar-refractivity contribution in [3.05, 3.63) is 84.1 Å². The number of fused-ring (bicyclic) bond motifs is 1. The Hall–Kier alpha value is -3.48. The summed E-state index contributed by atoms with van der Waals surface area (Å²) in [5.41, 5.74) is 1.82. The SMILES string of the molecule is Cc1ccc(S(=O)(=O)n2cc(-c3ccc(F)cc3F)c3cc(-c4nnc(S(C)(=O)=O)s4)ccc32)cc1. The number of nitrogens with zero attached hydrogens (tertiary/aromatic N) is 3. The van der Waals surface area contributed by atoms with Crippen LogP contribution in [0.1, 0.15) is 5.56 Å². The summed E-state index contributed by atoms with van der Waals surface area (Å²) in [5, 5.41) is 8.30. The molecule has 0 saturated carbocycles. The van der Waals surface area contributed by atoms with Crippen molar-refractivity contribution in [3.63, 3.8) is 0 Å². The molecule has 2 aromatic heterocycles. The van der Waals surface area contributed by atoms with Crippen LogP contribution in [0.25, 0.3) is 32.6 Å². The van der Waals surface area contributed by atoms with Crippen molar-refractivity contribution in [2.45, 2.75) is 16.2 Å². The van der Waals surface area contributed by atoms with Crippen LogP contribution < -0.4 is 0 Å². The summed E-state index contributed by atoms with van der Waals surface area (Å²) in [6.07, 6.45) is 2.31. The molecule has 0 aliphatic rings. The minimum absolute atomic E-state index is 0.00509. The van der Waals surface area contributed by atoms with Crippen molar-refractivity contribution >= 4 is 42.1 Å². The molecule has 0 fully saturated rings. The van der Waals surface area contributed by atoms with Gasteiger partial charge >= 0.3 is 0 Å². The van der Waals surface area contributed by atoms with E-state index in [-0.39, 0.29) is 30.9 Å². The fourth-order valence-corrected chi connectivity index (χ4v) is 6.73. The molecule has 2 heterocycles. The molecular weight excluding hydrogens is 528 g/mol. The van der Waals surface area contributed by atoms with Crippen LogP contribution in [-0.2, 0) is 19.9 Å². The highest BCUT2D eigenvalue weighted by atomic mass is 32.2. The maximum atomic E-state index is 14.8. The van der Waals surface area contributed by atoms with E-state index in [0.29, 0.717) is 10.9 Å². The van der Waals surface area contributed by atoms with Crippen molar-refractivity contribution in [1.29, 1.82) is 0 Å². The third-order valence-corrected chi connectivity index (χ3v) is 9.87. The average Bonchev–Trinajstić information content (AvgIpc) is 3.45. The number of halogens is 2. The van der Waals surface area contributed by atoms with Gasteiger partial charge in [-0.25, -0.2) is 29.6 Å². The normalized spacial score (nSPS) is 12.3. The summed E-state index contributed by atoms with van der Waals surface area (Å²) < 4.78 is 80.0. The average molecular weight is 546 g/mol. The van der Waals surface area contributed by atoms with Gasteiger partial charge in [0.25, 0.3) is 10.0 Å². The van der Waals surface area contributed by atoms with Crippen LogP contribution in [-0.4, -0.2) is 37.3 Å². The van der Waals surface area contributed by atoms with Crippen molar-refractivity contribution in [1.82, 2.24) is 14.2 Å². The second kappa shape index (κ2) is 8.57.